The van der Waals surface area contributed by atoms with Gasteiger partial charge in [-0.05, 0) is 18.2 Å². The van der Waals surface area contributed by atoms with Crippen molar-refractivity contribution < 1.29 is 27.8 Å². The van der Waals surface area contributed by atoms with Crippen LogP contribution in [0.3, 0.4) is 0 Å². The summed E-state index contributed by atoms with van der Waals surface area (Å²) in [7, 11) is 1.35. The number of phenols is 1. The van der Waals surface area contributed by atoms with Crippen LogP contribution in [0.25, 0.3) is 0 Å². The van der Waals surface area contributed by atoms with Crippen LogP contribution < -0.4 is 10.1 Å². The van der Waals surface area contributed by atoms with E-state index in [1.807, 2.05) is 0 Å². The average molecular weight is 263 g/mol. The highest BCUT2D eigenvalue weighted by Gasteiger charge is 2.26. The number of benzene rings is 1. The number of hydrogen-bond acceptors (Lipinski definition) is 3. The largest absolute Gasteiger partial charge is 0.504 e. The van der Waals surface area contributed by atoms with Gasteiger partial charge in [0.1, 0.15) is 0 Å². The lowest BCUT2D eigenvalue weighted by Gasteiger charge is -2.09. The van der Waals surface area contributed by atoms with Gasteiger partial charge in [0.15, 0.2) is 11.5 Å². The smallest absolute Gasteiger partial charge is 0.390 e. The third kappa shape index (κ3) is 4.15. The highest BCUT2D eigenvalue weighted by atomic mass is 19.4. The van der Waals surface area contributed by atoms with Gasteiger partial charge in [0, 0.05) is 12.1 Å². The number of carbonyl (C=O) groups excluding carboxylic acids is 1. The third-order valence-corrected chi connectivity index (χ3v) is 2.14. The summed E-state index contributed by atoms with van der Waals surface area (Å²) >= 11 is 0. The number of hydrogen-bond donors (Lipinski definition) is 2. The number of carbonyl (C=O) groups is 1. The maximum atomic E-state index is 11.9. The van der Waals surface area contributed by atoms with E-state index in [9.17, 15) is 23.1 Å². The second-order valence-corrected chi connectivity index (χ2v) is 3.51. The Labute approximate surface area is 101 Å². The maximum Gasteiger partial charge on any atom is 0.390 e. The van der Waals surface area contributed by atoms with E-state index in [0.29, 0.717) is 0 Å². The number of halogens is 3. The van der Waals surface area contributed by atoms with E-state index in [0.717, 1.165) is 6.07 Å². The summed E-state index contributed by atoms with van der Waals surface area (Å²) < 4.78 is 40.4. The topological polar surface area (TPSA) is 58.6 Å². The van der Waals surface area contributed by atoms with Crippen molar-refractivity contribution in [3.8, 4) is 11.5 Å². The fraction of sp³-hybridized carbons (Fsp3) is 0.364. The number of methoxy groups -OCH3 is 1. The van der Waals surface area contributed by atoms with Crippen LogP contribution in [0.1, 0.15) is 16.8 Å². The highest BCUT2D eigenvalue weighted by molar-refractivity contribution is 5.94. The molecule has 18 heavy (non-hydrogen) atoms. The second kappa shape index (κ2) is 5.61. The number of ether oxygens (including phenoxy) is 1. The summed E-state index contributed by atoms with van der Waals surface area (Å²) in [6.07, 6.45) is -5.41. The van der Waals surface area contributed by atoms with E-state index in [-0.39, 0.29) is 17.1 Å². The van der Waals surface area contributed by atoms with Gasteiger partial charge in [-0.15, -0.1) is 0 Å². The molecule has 1 amide bonds. The quantitative estimate of drug-likeness (QED) is 0.874. The minimum atomic E-state index is -4.31. The van der Waals surface area contributed by atoms with Crippen molar-refractivity contribution in [1.29, 1.82) is 0 Å². The first-order valence-corrected chi connectivity index (χ1v) is 5.05. The Balaban J connectivity index is 2.59. The Morgan fingerprint density at radius 1 is 1.44 bits per heavy atom. The van der Waals surface area contributed by atoms with E-state index < -0.39 is 25.0 Å². The number of amides is 1. The van der Waals surface area contributed by atoms with Crippen LogP contribution in [0.2, 0.25) is 0 Å². The van der Waals surface area contributed by atoms with Crippen molar-refractivity contribution in [2.24, 2.45) is 0 Å². The first kappa shape index (κ1) is 14.1. The van der Waals surface area contributed by atoms with Gasteiger partial charge < -0.3 is 15.2 Å². The van der Waals surface area contributed by atoms with Gasteiger partial charge in [-0.1, -0.05) is 0 Å². The Morgan fingerprint density at radius 2 is 2.11 bits per heavy atom. The van der Waals surface area contributed by atoms with Crippen LogP contribution in [0.15, 0.2) is 18.2 Å². The van der Waals surface area contributed by atoms with Crippen molar-refractivity contribution in [2.75, 3.05) is 13.7 Å². The number of aromatic hydroxyl groups is 1. The van der Waals surface area contributed by atoms with Gasteiger partial charge in [0.2, 0.25) is 0 Å². The predicted molar refractivity (Wildman–Crippen MR) is 57.7 cm³/mol. The Morgan fingerprint density at radius 3 is 2.61 bits per heavy atom. The second-order valence-electron chi connectivity index (χ2n) is 3.51. The van der Waals surface area contributed by atoms with E-state index in [4.69, 9.17) is 4.74 Å². The molecule has 1 rings (SSSR count). The van der Waals surface area contributed by atoms with Crippen LogP contribution in [0.5, 0.6) is 11.5 Å². The summed E-state index contributed by atoms with van der Waals surface area (Å²) in [5.74, 6) is -0.750. The normalized spacial score (nSPS) is 11.1. The van der Waals surface area contributed by atoms with Crippen molar-refractivity contribution in [3.05, 3.63) is 23.8 Å². The molecule has 1 aromatic carbocycles. The highest BCUT2D eigenvalue weighted by Crippen LogP contribution is 2.26. The van der Waals surface area contributed by atoms with E-state index in [1.54, 1.807) is 0 Å². The Kier molecular flexibility index (Phi) is 4.41. The molecule has 0 saturated carbocycles. The van der Waals surface area contributed by atoms with Crippen LogP contribution in [0.4, 0.5) is 13.2 Å². The number of nitrogens with one attached hydrogen (secondary N) is 1. The zero-order valence-electron chi connectivity index (χ0n) is 9.54. The fourth-order valence-corrected chi connectivity index (χ4v) is 1.25. The van der Waals surface area contributed by atoms with Crippen molar-refractivity contribution in [3.63, 3.8) is 0 Å². The Bertz CT molecular complexity index is 432. The number of alkyl halides is 3. The molecule has 0 atom stereocenters. The molecule has 4 nitrogen and oxygen atoms in total. The van der Waals surface area contributed by atoms with Crippen molar-refractivity contribution >= 4 is 5.91 Å². The summed E-state index contributed by atoms with van der Waals surface area (Å²) in [4.78, 5) is 11.5. The van der Waals surface area contributed by atoms with E-state index >= 15 is 0 Å². The molecule has 0 aliphatic rings. The van der Waals surface area contributed by atoms with E-state index in [1.165, 1.54) is 19.2 Å². The standard InChI is InChI=1S/C11H12F3NO3/c1-18-9-3-2-7(6-8(9)16)10(17)15-5-4-11(12,13)14/h2-3,6,16H,4-5H2,1H3,(H,15,17). The predicted octanol–water partition coefficient (Wildman–Crippen LogP) is 2.08. The maximum absolute atomic E-state index is 11.9. The van der Waals surface area contributed by atoms with Gasteiger partial charge in [0.25, 0.3) is 5.91 Å². The van der Waals surface area contributed by atoms with Crippen LogP contribution in [-0.4, -0.2) is 30.8 Å². The van der Waals surface area contributed by atoms with Gasteiger partial charge in [0.05, 0.1) is 13.5 Å². The van der Waals surface area contributed by atoms with Crippen molar-refractivity contribution in [2.45, 2.75) is 12.6 Å². The first-order chi connectivity index (χ1) is 8.33. The molecule has 0 aromatic heterocycles. The minimum absolute atomic E-state index is 0.0653. The fourth-order valence-electron chi connectivity index (χ4n) is 1.25. The van der Waals surface area contributed by atoms with Crippen molar-refractivity contribution in [1.82, 2.24) is 5.32 Å². The average Bonchev–Trinajstić information content (AvgIpc) is 2.27. The van der Waals surface area contributed by atoms with E-state index in [2.05, 4.69) is 5.32 Å². The Hall–Kier alpha value is -1.92. The molecule has 0 saturated heterocycles. The molecule has 0 heterocycles. The lowest BCUT2D eigenvalue weighted by molar-refractivity contribution is -0.132. The zero-order chi connectivity index (χ0) is 13.8. The molecule has 100 valence electrons. The molecule has 0 spiro atoms. The molecule has 7 heteroatoms. The van der Waals surface area contributed by atoms with Gasteiger partial charge >= 0.3 is 6.18 Å². The number of phenolic OH excluding ortho intramolecular Hbond substituents is 1. The molecular weight excluding hydrogens is 251 g/mol. The summed E-state index contributed by atoms with van der Waals surface area (Å²) in [6, 6.07) is 3.83. The molecule has 0 radical (unpaired) electrons. The van der Waals surface area contributed by atoms with Crippen LogP contribution >= 0.6 is 0 Å². The molecule has 0 fully saturated rings. The zero-order valence-corrected chi connectivity index (χ0v) is 9.54. The lowest BCUT2D eigenvalue weighted by Crippen LogP contribution is -2.27. The molecule has 2 N–H and O–H groups in total. The summed E-state index contributed by atoms with van der Waals surface area (Å²) in [5, 5.41) is 11.5. The molecule has 0 bridgehead atoms. The summed E-state index contributed by atoms with van der Waals surface area (Å²) in [6.45, 7) is -0.505. The number of rotatable bonds is 4. The molecule has 0 aliphatic heterocycles. The minimum Gasteiger partial charge on any atom is -0.504 e. The lowest BCUT2D eigenvalue weighted by atomic mass is 10.2. The molecule has 0 unspecified atom stereocenters. The third-order valence-electron chi connectivity index (χ3n) is 2.14. The SMILES string of the molecule is COc1ccc(C(=O)NCCC(F)(F)F)cc1O. The monoisotopic (exact) mass is 263 g/mol. The summed E-state index contributed by atoms with van der Waals surface area (Å²) in [5.41, 5.74) is 0.0653. The van der Waals surface area contributed by atoms with Gasteiger partial charge in [-0.3, -0.25) is 4.79 Å². The molecular formula is C11H12F3NO3. The first-order valence-electron chi connectivity index (χ1n) is 5.05. The van der Waals surface area contributed by atoms with Gasteiger partial charge in [-0.25, -0.2) is 0 Å². The van der Waals surface area contributed by atoms with Crippen LogP contribution in [-0.2, 0) is 0 Å². The molecule has 0 aliphatic carbocycles. The van der Waals surface area contributed by atoms with Crippen LogP contribution in [0, 0.1) is 0 Å². The van der Waals surface area contributed by atoms with Gasteiger partial charge in [-0.2, -0.15) is 13.2 Å². The molecule has 1 aromatic rings.